The van der Waals surface area contributed by atoms with Crippen LogP contribution in [-0.2, 0) is 35.2 Å². The van der Waals surface area contributed by atoms with Crippen molar-refractivity contribution in [3.8, 4) is 0 Å². The zero-order valence-electron chi connectivity index (χ0n) is 23.9. The number of nitrogens with one attached hydrogen (secondary N) is 5. The summed E-state index contributed by atoms with van der Waals surface area (Å²) in [7, 11) is 0. The van der Waals surface area contributed by atoms with Crippen molar-refractivity contribution in [1.82, 2.24) is 36.1 Å². The molecule has 0 aromatic carbocycles. The molecule has 0 fully saturated rings. The Morgan fingerprint density at radius 1 is 1.02 bits per heavy atom. The van der Waals surface area contributed by atoms with Crippen LogP contribution in [0.3, 0.4) is 0 Å². The molecule has 1 rings (SSSR count). The second kappa shape index (κ2) is 17.9. The fraction of sp³-hybridized carbons (Fsp3) is 0.680. The first-order valence-corrected chi connectivity index (χ1v) is 13.3. The monoisotopic (exact) mass is 568 g/mol. The number of carbonyl (C=O) groups is 5. The molecule has 0 aliphatic heterocycles. The number of hydrogen-bond donors (Lipinski definition) is 7. The number of aliphatic hydroxyl groups is 1. The number of hydrogen-bond acceptors (Lipinski definition) is 9. The second-order valence-corrected chi connectivity index (χ2v) is 9.83. The molecular weight excluding hydrogens is 524 g/mol. The third kappa shape index (κ3) is 11.7. The molecule has 15 heteroatoms. The van der Waals surface area contributed by atoms with Crippen LogP contribution < -0.4 is 27.2 Å². The van der Waals surface area contributed by atoms with E-state index >= 15 is 0 Å². The molecule has 226 valence electrons. The summed E-state index contributed by atoms with van der Waals surface area (Å²) < 4.78 is 0. The van der Waals surface area contributed by atoms with Crippen LogP contribution in [0.15, 0.2) is 12.5 Å². The van der Waals surface area contributed by atoms with Gasteiger partial charge in [-0.1, -0.05) is 20.8 Å². The van der Waals surface area contributed by atoms with Crippen molar-refractivity contribution in [3.63, 3.8) is 0 Å². The van der Waals surface area contributed by atoms with Gasteiger partial charge in [0.25, 0.3) is 0 Å². The molecule has 4 atom stereocenters. The van der Waals surface area contributed by atoms with E-state index in [9.17, 15) is 29.1 Å². The maximum absolute atomic E-state index is 13.4. The average Bonchev–Trinajstić information content (AvgIpc) is 3.41. The summed E-state index contributed by atoms with van der Waals surface area (Å²) in [5, 5.41) is 20.0. The number of imidazole rings is 1. The van der Waals surface area contributed by atoms with Gasteiger partial charge in [0.1, 0.15) is 24.2 Å². The zero-order chi connectivity index (χ0) is 30.2. The Hall–Kier alpha value is -3.56. The van der Waals surface area contributed by atoms with Crippen LogP contribution >= 0.6 is 0 Å². The van der Waals surface area contributed by atoms with Gasteiger partial charge in [0.2, 0.25) is 29.5 Å². The molecule has 0 saturated heterocycles. The van der Waals surface area contributed by atoms with Gasteiger partial charge in [-0.2, -0.15) is 0 Å². The zero-order valence-corrected chi connectivity index (χ0v) is 23.9. The number of aromatic nitrogens is 2. The Balaban J connectivity index is 3.09. The first kappa shape index (κ1) is 34.5. The molecule has 0 saturated carbocycles. The Kier molecular flexibility index (Phi) is 15.4. The molecule has 1 aromatic rings. The average molecular weight is 569 g/mol. The minimum Gasteiger partial charge on any atom is -0.394 e. The highest BCUT2D eigenvalue weighted by Crippen LogP contribution is 2.09. The van der Waals surface area contributed by atoms with E-state index in [0.29, 0.717) is 18.7 Å². The van der Waals surface area contributed by atoms with Gasteiger partial charge in [0, 0.05) is 38.3 Å². The summed E-state index contributed by atoms with van der Waals surface area (Å²) in [4.78, 5) is 76.6. The fourth-order valence-electron chi connectivity index (χ4n) is 3.92. The molecule has 5 amide bonds. The largest absolute Gasteiger partial charge is 0.394 e. The highest BCUT2D eigenvalue weighted by atomic mass is 16.6. The maximum Gasteiger partial charge on any atom is 0.245 e. The Bertz CT molecular complexity index is 957. The Labute approximate surface area is 234 Å². The van der Waals surface area contributed by atoms with E-state index in [1.165, 1.54) is 24.3 Å². The van der Waals surface area contributed by atoms with Gasteiger partial charge >= 0.3 is 0 Å². The lowest BCUT2D eigenvalue weighted by atomic mass is 10.0. The van der Waals surface area contributed by atoms with Gasteiger partial charge in [0.15, 0.2) is 0 Å². The van der Waals surface area contributed by atoms with Crippen LogP contribution in [0.4, 0.5) is 0 Å². The molecule has 0 aliphatic carbocycles. The molecule has 15 nitrogen and oxygen atoms in total. The molecule has 0 spiro atoms. The van der Waals surface area contributed by atoms with Gasteiger partial charge in [-0.3, -0.25) is 24.0 Å². The highest BCUT2D eigenvalue weighted by molar-refractivity contribution is 5.95. The van der Waals surface area contributed by atoms with Gasteiger partial charge in [0.05, 0.1) is 19.5 Å². The van der Waals surface area contributed by atoms with E-state index in [1.807, 2.05) is 20.8 Å². The van der Waals surface area contributed by atoms with Crippen LogP contribution in [-0.4, -0.2) is 100.0 Å². The molecule has 0 radical (unpaired) electrons. The molecule has 1 aromatic heterocycles. The number of aromatic amines is 1. The van der Waals surface area contributed by atoms with Crippen LogP contribution in [0.1, 0.15) is 53.2 Å². The van der Waals surface area contributed by atoms with E-state index in [2.05, 4.69) is 36.1 Å². The first-order valence-electron chi connectivity index (χ1n) is 13.3. The summed E-state index contributed by atoms with van der Waals surface area (Å²) in [6.07, 6.45) is 3.81. The quantitative estimate of drug-likeness (QED) is 0.0775. The van der Waals surface area contributed by atoms with Crippen molar-refractivity contribution in [2.75, 3.05) is 26.3 Å². The van der Waals surface area contributed by atoms with Gasteiger partial charge in [-0.15, -0.1) is 0 Å². The van der Waals surface area contributed by atoms with Crippen LogP contribution in [0.25, 0.3) is 0 Å². The van der Waals surface area contributed by atoms with Crippen molar-refractivity contribution in [1.29, 1.82) is 0 Å². The number of nitrogens with two attached hydrogens (primary N) is 1. The summed E-state index contributed by atoms with van der Waals surface area (Å²) in [6.45, 7) is 8.39. The van der Waals surface area contributed by atoms with Crippen LogP contribution in [0.5, 0.6) is 0 Å². The number of rotatable bonds is 18. The standard InChI is InChI=1S/C25H44N8O7/c1-6-8-33(17(5)35)16(4)22(36)30-19(10-15(2)3)24(38)31-20(11-18-12-27-14-29-18)25(39)32-21(13-34)23(37)28-7-9-40-26/h12,14-16,19-21,34H,6-11,13,26H2,1-5H3,(H,27,29)(H,28,37)(H,30,36)(H,31,38)(H,32,39)/t16-,19-,20-,21-/m0/s1. The lowest BCUT2D eigenvalue weighted by Crippen LogP contribution is -2.59. The highest BCUT2D eigenvalue weighted by Gasteiger charge is 2.32. The number of carbonyl (C=O) groups excluding carboxylic acids is 5. The van der Waals surface area contributed by atoms with E-state index in [4.69, 9.17) is 5.90 Å². The van der Waals surface area contributed by atoms with Gasteiger partial charge in [-0.05, 0) is 25.7 Å². The number of H-pyrrole nitrogens is 1. The lowest BCUT2D eigenvalue weighted by Gasteiger charge is -2.30. The molecule has 0 unspecified atom stereocenters. The fourth-order valence-corrected chi connectivity index (χ4v) is 3.92. The predicted octanol–water partition coefficient (Wildman–Crippen LogP) is -1.90. The molecule has 0 aliphatic rings. The SMILES string of the molecule is CCCN(C(C)=O)[C@@H](C)C(=O)N[C@@H](CC(C)C)C(=O)N[C@@H](Cc1cnc[nH]1)C(=O)N[C@@H](CO)C(=O)NCCON. The Morgan fingerprint density at radius 3 is 2.17 bits per heavy atom. The third-order valence-electron chi connectivity index (χ3n) is 6.00. The number of aliphatic hydroxyl groups excluding tert-OH is 1. The first-order chi connectivity index (χ1) is 18.9. The Morgan fingerprint density at radius 2 is 1.65 bits per heavy atom. The van der Waals surface area contributed by atoms with Crippen molar-refractivity contribution in [2.24, 2.45) is 11.8 Å². The molecular formula is C25H44N8O7. The molecule has 40 heavy (non-hydrogen) atoms. The van der Waals surface area contributed by atoms with Crippen molar-refractivity contribution in [2.45, 2.75) is 78.0 Å². The van der Waals surface area contributed by atoms with E-state index in [1.54, 1.807) is 6.92 Å². The van der Waals surface area contributed by atoms with Gasteiger partial charge < -0.3 is 41.1 Å². The smallest absolute Gasteiger partial charge is 0.245 e. The third-order valence-corrected chi connectivity index (χ3v) is 6.00. The second-order valence-electron chi connectivity index (χ2n) is 9.83. The van der Waals surface area contributed by atoms with Crippen molar-refractivity contribution < 1.29 is 33.9 Å². The van der Waals surface area contributed by atoms with Gasteiger partial charge in [-0.25, -0.2) is 10.9 Å². The molecule has 0 bridgehead atoms. The van der Waals surface area contributed by atoms with E-state index in [0.717, 1.165) is 0 Å². The lowest BCUT2D eigenvalue weighted by molar-refractivity contribution is -0.140. The molecule has 1 heterocycles. The van der Waals surface area contributed by atoms with Crippen molar-refractivity contribution >= 4 is 29.5 Å². The number of nitrogens with zero attached hydrogens (tertiary/aromatic N) is 2. The summed E-state index contributed by atoms with van der Waals surface area (Å²) >= 11 is 0. The maximum atomic E-state index is 13.4. The normalized spacial score (nSPS) is 14.0. The van der Waals surface area contributed by atoms with Crippen LogP contribution in [0.2, 0.25) is 0 Å². The number of amides is 5. The summed E-state index contributed by atoms with van der Waals surface area (Å²) in [5.41, 5.74) is 0.528. The van der Waals surface area contributed by atoms with E-state index < -0.39 is 54.4 Å². The predicted molar refractivity (Wildman–Crippen MR) is 145 cm³/mol. The van der Waals surface area contributed by atoms with Crippen molar-refractivity contribution in [3.05, 3.63) is 18.2 Å². The summed E-state index contributed by atoms with van der Waals surface area (Å²) in [6, 6.07) is -4.29. The van der Waals surface area contributed by atoms with E-state index in [-0.39, 0.29) is 37.8 Å². The minimum atomic E-state index is -1.30. The van der Waals surface area contributed by atoms with Crippen LogP contribution in [0, 0.1) is 5.92 Å². The summed E-state index contributed by atoms with van der Waals surface area (Å²) in [5.74, 6) is 2.15. The minimum absolute atomic E-state index is 0.00533. The molecule has 8 N–H and O–H groups in total. The topological polar surface area (TPSA) is 221 Å².